The summed E-state index contributed by atoms with van der Waals surface area (Å²) in [6, 6.07) is 8.95. The summed E-state index contributed by atoms with van der Waals surface area (Å²) < 4.78 is 14.7. The van der Waals surface area contributed by atoms with E-state index in [0.717, 1.165) is 0 Å². The van der Waals surface area contributed by atoms with Crippen LogP contribution in [-0.2, 0) is 14.3 Å². The SMILES string of the molecule is COC(OC)C(=O)NNC(=S)Oc1ccccc1. The lowest BCUT2D eigenvalue weighted by atomic mass is 10.3. The smallest absolute Gasteiger partial charge is 0.295 e. The molecule has 1 amide bonds. The highest BCUT2D eigenvalue weighted by Gasteiger charge is 2.16. The lowest BCUT2D eigenvalue weighted by Crippen LogP contribution is -2.48. The molecule has 18 heavy (non-hydrogen) atoms. The van der Waals surface area contributed by atoms with Crippen LogP contribution in [0.1, 0.15) is 0 Å². The highest BCUT2D eigenvalue weighted by atomic mass is 32.1. The number of hydrazine groups is 1. The van der Waals surface area contributed by atoms with Gasteiger partial charge in [0.15, 0.2) is 0 Å². The van der Waals surface area contributed by atoms with E-state index in [4.69, 9.17) is 26.4 Å². The van der Waals surface area contributed by atoms with E-state index in [1.165, 1.54) is 14.2 Å². The van der Waals surface area contributed by atoms with E-state index in [0.29, 0.717) is 5.75 Å². The fourth-order valence-electron chi connectivity index (χ4n) is 1.10. The van der Waals surface area contributed by atoms with Crippen molar-refractivity contribution in [3.8, 4) is 5.75 Å². The first-order valence-corrected chi connectivity index (χ1v) is 5.46. The molecule has 0 heterocycles. The van der Waals surface area contributed by atoms with Crippen LogP contribution in [0.5, 0.6) is 5.75 Å². The number of nitrogens with one attached hydrogen (secondary N) is 2. The summed E-state index contributed by atoms with van der Waals surface area (Å²) in [5.74, 6) is 0.0540. The van der Waals surface area contributed by atoms with Crippen molar-refractivity contribution in [1.29, 1.82) is 0 Å². The quantitative estimate of drug-likeness (QED) is 0.474. The van der Waals surface area contributed by atoms with Gasteiger partial charge in [-0.3, -0.25) is 15.6 Å². The molecule has 1 aromatic rings. The number of para-hydroxylation sites is 1. The fraction of sp³-hybridized carbons (Fsp3) is 0.273. The number of amides is 1. The Morgan fingerprint density at radius 1 is 1.17 bits per heavy atom. The van der Waals surface area contributed by atoms with Crippen LogP contribution in [0.4, 0.5) is 0 Å². The first-order chi connectivity index (χ1) is 8.67. The Hall–Kier alpha value is -1.70. The Morgan fingerprint density at radius 3 is 2.33 bits per heavy atom. The second-order valence-electron chi connectivity index (χ2n) is 3.12. The monoisotopic (exact) mass is 270 g/mol. The molecule has 1 rings (SSSR count). The molecule has 2 N–H and O–H groups in total. The molecule has 0 radical (unpaired) electrons. The van der Waals surface area contributed by atoms with Gasteiger partial charge < -0.3 is 14.2 Å². The number of carbonyl (C=O) groups is 1. The number of hydrogen-bond donors (Lipinski definition) is 2. The number of ether oxygens (including phenoxy) is 3. The Morgan fingerprint density at radius 2 is 1.78 bits per heavy atom. The van der Waals surface area contributed by atoms with Crippen LogP contribution in [0.15, 0.2) is 30.3 Å². The van der Waals surface area contributed by atoms with Crippen molar-refractivity contribution in [2.45, 2.75) is 6.29 Å². The van der Waals surface area contributed by atoms with Crippen molar-refractivity contribution in [1.82, 2.24) is 10.9 Å². The predicted octanol–water partition coefficient (Wildman–Crippen LogP) is 0.590. The van der Waals surface area contributed by atoms with Gasteiger partial charge in [0, 0.05) is 14.2 Å². The number of thiocarbonyl (C=S) groups is 1. The summed E-state index contributed by atoms with van der Waals surface area (Å²) in [6.45, 7) is 0. The van der Waals surface area contributed by atoms with E-state index in [-0.39, 0.29) is 5.17 Å². The molecule has 0 unspecified atom stereocenters. The first kappa shape index (κ1) is 14.4. The Kier molecular flexibility index (Phi) is 6.06. The molecule has 98 valence electrons. The van der Waals surface area contributed by atoms with Crippen LogP contribution in [-0.4, -0.2) is 31.6 Å². The van der Waals surface area contributed by atoms with Crippen LogP contribution in [0, 0.1) is 0 Å². The van der Waals surface area contributed by atoms with E-state index in [2.05, 4.69) is 10.9 Å². The minimum Gasteiger partial charge on any atom is -0.431 e. The maximum Gasteiger partial charge on any atom is 0.295 e. The average molecular weight is 270 g/mol. The molecule has 0 bridgehead atoms. The van der Waals surface area contributed by atoms with Crippen molar-refractivity contribution < 1.29 is 19.0 Å². The average Bonchev–Trinajstić information content (AvgIpc) is 2.39. The van der Waals surface area contributed by atoms with Gasteiger partial charge in [0.2, 0.25) is 6.29 Å². The van der Waals surface area contributed by atoms with Gasteiger partial charge in [0.25, 0.3) is 11.1 Å². The normalized spacial score (nSPS) is 9.94. The van der Waals surface area contributed by atoms with E-state index in [9.17, 15) is 4.79 Å². The van der Waals surface area contributed by atoms with Gasteiger partial charge in [-0.1, -0.05) is 18.2 Å². The summed E-state index contributed by atoms with van der Waals surface area (Å²) in [5, 5.41) is 0.0144. The van der Waals surface area contributed by atoms with Gasteiger partial charge in [0.1, 0.15) is 5.75 Å². The Labute approximate surface area is 110 Å². The summed E-state index contributed by atoms with van der Waals surface area (Å²) in [6.07, 6.45) is -1.00. The second kappa shape index (κ2) is 7.59. The van der Waals surface area contributed by atoms with Crippen LogP contribution in [0.25, 0.3) is 0 Å². The van der Waals surface area contributed by atoms with Gasteiger partial charge >= 0.3 is 0 Å². The summed E-state index contributed by atoms with van der Waals surface area (Å²) in [5.41, 5.74) is 4.73. The highest BCUT2D eigenvalue weighted by Crippen LogP contribution is 2.07. The molecule has 0 saturated carbocycles. The van der Waals surface area contributed by atoms with Gasteiger partial charge in [0.05, 0.1) is 0 Å². The van der Waals surface area contributed by atoms with Crippen LogP contribution < -0.4 is 15.6 Å². The standard InChI is InChI=1S/C11H14N2O4S/c1-15-10(16-2)9(14)12-13-11(18)17-8-6-4-3-5-7-8/h3-7,10H,1-2H3,(H,12,14)(H,13,18). The summed E-state index contributed by atoms with van der Waals surface area (Å²) in [7, 11) is 2.71. The number of methoxy groups -OCH3 is 2. The van der Waals surface area contributed by atoms with E-state index >= 15 is 0 Å². The minimum absolute atomic E-state index is 0.0144. The van der Waals surface area contributed by atoms with Gasteiger partial charge in [-0.15, -0.1) is 0 Å². The molecule has 0 fully saturated rings. The van der Waals surface area contributed by atoms with Gasteiger partial charge in [-0.25, -0.2) is 0 Å². The molecular weight excluding hydrogens is 256 g/mol. The third-order valence-corrected chi connectivity index (χ3v) is 2.07. The maximum absolute atomic E-state index is 11.4. The van der Waals surface area contributed by atoms with Crippen LogP contribution in [0.2, 0.25) is 0 Å². The number of carbonyl (C=O) groups excluding carboxylic acids is 1. The maximum atomic E-state index is 11.4. The number of rotatable bonds is 4. The zero-order valence-electron chi connectivity index (χ0n) is 10.0. The zero-order chi connectivity index (χ0) is 13.4. The predicted molar refractivity (Wildman–Crippen MR) is 68.8 cm³/mol. The number of hydrogen-bond acceptors (Lipinski definition) is 5. The molecule has 6 nitrogen and oxygen atoms in total. The van der Waals surface area contributed by atoms with Crippen LogP contribution >= 0.6 is 12.2 Å². The molecule has 0 saturated heterocycles. The largest absolute Gasteiger partial charge is 0.431 e. The third-order valence-electron chi connectivity index (χ3n) is 1.88. The molecule has 0 aliphatic heterocycles. The Balaban J connectivity index is 2.35. The van der Waals surface area contributed by atoms with Crippen molar-refractivity contribution in [3.05, 3.63) is 30.3 Å². The van der Waals surface area contributed by atoms with Crippen molar-refractivity contribution in [2.75, 3.05) is 14.2 Å². The molecule has 1 aromatic carbocycles. The molecule has 7 heteroatoms. The van der Waals surface area contributed by atoms with Crippen molar-refractivity contribution >= 4 is 23.3 Å². The van der Waals surface area contributed by atoms with Crippen molar-refractivity contribution in [3.63, 3.8) is 0 Å². The number of benzene rings is 1. The van der Waals surface area contributed by atoms with E-state index in [1.54, 1.807) is 12.1 Å². The van der Waals surface area contributed by atoms with E-state index in [1.807, 2.05) is 18.2 Å². The molecule has 0 aliphatic rings. The lowest BCUT2D eigenvalue weighted by molar-refractivity contribution is -0.159. The fourth-order valence-corrected chi connectivity index (χ4v) is 1.25. The first-order valence-electron chi connectivity index (χ1n) is 5.05. The minimum atomic E-state index is -1.00. The topological polar surface area (TPSA) is 68.8 Å². The molecule has 0 aromatic heterocycles. The second-order valence-corrected chi connectivity index (χ2v) is 3.49. The third kappa shape index (κ3) is 4.66. The molecule has 0 spiro atoms. The lowest BCUT2D eigenvalue weighted by Gasteiger charge is -2.14. The molecular formula is C11H14N2O4S. The van der Waals surface area contributed by atoms with Crippen LogP contribution in [0.3, 0.4) is 0 Å². The molecule has 0 atom stereocenters. The van der Waals surface area contributed by atoms with Gasteiger partial charge in [-0.2, -0.15) is 0 Å². The van der Waals surface area contributed by atoms with Crippen molar-refractivity contribution in [2.24, 2.45) is 0 Å². The Bertz CT molecular complexity index is 395. The van der Waals surface area contributed by atoms with Gasteiger partial charge in [-0.05, 0) is 24.4 Å². The van der Waals surface area contributed by atoms with E-state index < -0.39 is 12.2 Å². The molecule has 0 aliphatic carbocycles. The summed E-state index contributed by atoms with van der Waals surface area (Å²) >= 11 is 4.88. The zero-order valence-corrected chi connectivity index (χ0v) is 10.8. The highest BCUT2D eigenvalue weighted by molar-refractivity contribution is 7.80. The summed E-state index contributed by atoms with van der Waals surface area (Å²) in [4.78, 5) is 11.4.